The van der Waals surface area contributed by atoms with Crippen LogP contribution in [-0.4, -0.2) is 37.6 Å². The van der Waals surface area contributed by atoms with Crippen LogP contribution in [0.25, 0.3) is 0 Å². The van der Waals surface area contributed by atoms with Crippen molar-refractivity contribution in [3.63, 3.8) is 0 Å². The van der Waals surface area contributed by atoms with Crippen molar-refractivity contribution in [2.75, 3.05) is 25.1 Å². The number of aryl methyl sites for hydroxylation is 1. The van der Waals surface area contributed by atoms with Crippen molar-refractivity contribution in [1.29, 1.82) is 0 Å². The molecule has 0 fully saturated rings. The molecule has 2 aromatic rings. The number of hydrogen-bond acceptors (Lipinski definition) is 4. The van der Waals surface area contributed by atoms with E-state index in [1.165, 1.54) is 5.56 Å². The largest absolute Gasteiger partial charge is 0.490 e. The fourth-order valence-corrected chi connectivity index (χ4v) is 3.16. The molecule has 2 aromatic carbocycles. The van der Waals surface area contributed by atoms with Crippen molar-refractivity contribution < 1.29 is 9.84 Å². The summed E-state index contributed by atoms with van der Waals surface area (Å²) in [7, 11) is 1.89. The van der Waals surface area contributed by atoms with E-state index in [9.17, 15) is 5.11 Å². The lowest BCUT2D eigenvalue weighted by Gasteiger charge is -2.39. The maximum Gasteiger partial charge on any atom is 0.142 e. The topological polar surface area (TPSA) is 44.7 Å². The zero-order valence-corrected chi connectivity index (χ0v) is 14.9. The van der Waals surface area contributed by atoms with Crippen LogP contribution in [-0.2, 0) is 6.42 Å². The van der Waals surface area contributed by atoms with E-state index in [2.05, 4.69) is 29.3 Å². The van der Waals surface area contributed by atoms with Crippen LogP contribution in [0, 0.1) is 6.92 Å². The molecular weight excluding hydrogens is 324 g/mol. The lowest BCUT2D eigenvalue weighted by molar-refractivity contribution is 0.124. The first-order valence-electron chi connectivity index (χ1n) is 8.08. The second-order valence-electron chi connectivity index (χ2n) is 6.00. The molecule has 0 amide bonds. The number of halogens is 1. The molecular formula is C19H25ClN2O2. The van der Waals surface area contributed by atoms with Gasteiger partial charge in [0.05, 0.1) is 18.3 Å². The molecule has 3 rings (SSSR count). The molecule has 5 heteroatoms. The summed E-state index contributed by atoms with van der Waals surface area (Å²) in [4.78, 5) is 2.21. The number of aliphatic hydroxyl groups is 1. The van der Waals surface area contributed by atoms with E-state index in [-0.39, 0.29) is 18.6 Å². The van der Waals surface area contributed by atoms with Gasteiger partial charge in [0, 0.05) is 6.42 Å². The molecule has 24 heavy (non-hydrogen) atoms. The maximum atomic E-state index is 10.8. The Hall–Kier alpha value is -1.75. The molecule has 0 bridgehead atoms. The van der Waals surface area contributed by atoms with Crippen LogP contribution >= 0.6 is 12.4 Å². The van der Waals surface area contributed by atoms with Gasteiger partial charge in [-0.1, -0.05) is 36.4 Å². The van der Waals surface area contributed by atoms with Crippen LogP contribution in [0.1, 0.15) is 11.1 Å². The third-order valence-corrected chi connectivity index (χ3v) is 4.30. The maximum absolute atomic E-state index is 10.8. The Kier molecular flexibility index (Phi) is 6.49. The Morgan fingerprint density at radius 3 is 2.67 bits per heavy atom. The summed E-state index contributed by atoms with van der Waals surface area (Å²) in [5.41, 5.74) is 3.37. The van der Waals surface area contributed by atoms with Crippen LogP contribution in [0.4, 0.5) is 5.69 Å². The predicted molar refractivity (Wildman–Crippen MR) is 100 cm³/mol. The van der Waals surface area contributed by atoms with Crippen molar-refractivity contribution in [1.82, 2.24) is 5.32 Å². The highest BCUT2D eigenvalue weighted by atomic mass is 35.5. The van der Waals surface area contributed by atoms with Crippen LogP contribution in [0.2, 0.25) is 0 Å². The molecule has 2 unspecified atom stereocenters. The Labute approximate surface area is 149 Å². The average Bonchev–Trinajstić information content (AvgIpc) is 2.57. The van der Waals surface area contributed by atoms with Crippen LogP contribution < -0.4 is 15.0 Å². The molecule has 130 valence electrons. The zero-order valence-electron chi connectivity index (χ0n) is 14.1. The van der Waals surface area contributed by atoms with Gasteiger partial charge < -0.3 is 14.7 Å². The van der Waals surface area contributed by atoms with Crippen LogP contribution in [0.15, 0.2) is 48.5 Å². The second kappa shape index (κ2) is 8.38. The minimum atomic E-state index is -0.506. The summed E-state index contributed by atoms with van der Waals surface area (Å²) >= 11 is 0. The molecule has 1 heterocycles. The third-order valence-electron chi connectivity index (χ3n) is 4.30. The van der Waals surface area contributed by atoms with Gasteiger partial charge in [-0.3, -0.25) is 5.32 Å². The number of hydrogen-bond donors (Lipinski definition) is 2. The number of aliphatic hydroxyl groups excluding tert-OH is 1. The summed E-state index contributed by atoms with van der Waals surface area (Å²) < 4.78 is 5.75. The number of likely N-dealkylation sites (N-methyl/N-ethyl adjacent to an activating group) is 1. The van der Waals surface area contributed by atoms with E-state index in [1.54, 1.807) is 0 Å². The molecule has 2 N–H and O–H groups in total. The molecule has 1 aliphatic rings. The summed E-state index contributed by atoms with van der Waals surface area (Å²) in [5.74, 6) is 0.883. The fraction of sp³-hybridized carbons (Fsp3) is 0.368. The van der Waals surface area contributed by atoms with Crippen molar-refractivity contribution >= 4 is 18.1 Å². The van der Waals surface area contributed by atoms with Gasteiger partial charge in [-0.05, 0) is 37.2 Å². The minimum absolute atomic E-state index is 0. The summed E-state index contributed by atoms with van der Waals surface area (Å²) in [6, 6.07) is 16.3. The van der Waals surface area contributed by atoms with Crippen molar-refractivity contribution in [3.05, 3.63) is 59.7 Å². The highest BCUT2D eigenvalue weighted by Gasteiger charge is 2.29. The molecule has 0 radical (unpaired) electrons. The Bertz CT molecular complexity index is 651. The standard InChI is InChI=1S/C19H24N2O2.ClH/c1-14-8-9-18-16(12-14)21(10-11-23-18)19(20-2)17(22)13-15-6-4-3-5-7-15;/h3-9,12,17,19-20,22H,10-11,13H2,1-2H3;1H. The van der Waals surface area contributed by atoms with E-state index >= 15 is 0 Å². The van der Waals surface area contributed by atoms with E-state index in [1.807, 2.05) is 43.4 Å². The van der Waals surface area contributed by atoms with E-state index in [0.717, 1.165) is 23.5 Å². The van der Waals surface area contributed by atoms with E-state index in [4.69, 9.17) is 4.74 Å². The first-order valence-corrected chi connectivity index (χ1v) is 8.08. The van der Waals surface area contributed by atoms with Gasteiger partial charge in [0.25, 0.3) is 0 Å². The summed E-state index contributed by atoms with van der Waals surface area (Å²) in [5, 5.41) is 14.0. The number of benzene rings is 2. The molecule has 0 aromatic heterocycles. The Morgan fingerprint density at radius 2 is 1.96 bits per heavy atom. The average molecular weight is 349 g/mol. The van der Waals surface area contributed by atoms with Gasteiger partial charge >= 0.3 is 0 Å². The molecule has 0 saturated carbocycles. The van der Waals surface area contributed by atoms with Gasteiger partial charge in [0.2, 0.25) is 0 Å². The predicted octanol–water partition coefficient (Wildman–Crippen LogP) is 2.76. The highest BCUT2D eigenvalue weighted by Crippen LogP contribution is 2.34. The van der Waals surface area contributed by atoms with Crippen molar-refractivity contribution in [2.24, 2.45) is 0 Å². The first-order chi connectivity index (χ1) is 11.2. The molecule has 1 aliphatic heterocycles. The SMILES string of the molecule is CNC(C(O)Cc1ccccc1)N1CCOc2ccc(C)cc21.Cl. The molecule has 0 spiro atoms. The Balaban J connectivity index is 0.00000208. The molecule has 2 atom stereocenters. The quantitative estimate of drug-likeness (QED) is 0.872. The van der Waals surface area contributed by atoms with Crippen LogP contribution in [0.5, 0.6) is 5.75 Å². The summed E-state index contributed by atoms with van der Waals surface area (Å²) in [6.45, 7) is 3.46. The fourth-order valence-electron chi connectivity index (χ4n) is 3.16. The van der Waals surface area contributed by atoms with Gasteiger partial charge in [0.1, 0.15) is 18.5 Å². The van der Waals surface area contributed by atoms with E-state index in [0.29, 0.717) is 13.0 Å². The lowest BCUT2D eigenvalue weighted by atomic mass is 10.0. The van der Waals surface area contributed by atoms with Crippen molar-refractivity contribution in [2.45, 2.75) is 25.6 Å². The molecule has 0 aliphatic carbocycles. The number of anilines is 1. The third kappa shape index (κ3) is 4.01. The van der Waals surface area contributed by atoms with Gasteiger partial charge in [-0.25, -0.2) is 0 Å². The van der Waals surface area contributed by atoms with Gasteiger partial charge in [-0.2, -0.15) is 0 Å². The number of fused-ring (bicyclic) bond motifs is 1. The monoisotopic (exact) mass is 348 g/mol. The number of nitrogens with one attached hydrogen (secondary N) is 1. The summed E-state index contributed by atoms with van der Waals surface area (Å²) in [6.07, 6.45) is -0.0429. The van der Waals surface area contributed by atoms with Crippen molar-refractivity contribution in [3.8, 4) is 5.75 Å². The van der Waals surface area contributed by atoms with Gasteiger partial charge in [-0.15, -0.1) is 12.4 Å². The molecule has 4 nitrogen and oxygen atoms in total. The Morgan fingerprint density at radius 1 is 1.21 bits per heavy atom. The normalized spacial score (nSPS) is 15.7. The highest BCUT2D eigenvalue weighted by molar-refractivity contribution is 5.85. The van der Waals surface area contributed by atoms with E-state index < -0.39 is 6.10 Å². The molecule has 0 saturated heterocycles. The lowest BCUT2D eigenvalue weighted by Crippen LogP contribution is -2.55. The minimum Gasteiger partial charge on any atom is -0.490 e. The van der Waals surface area contributed by atoms with Crippen LogP contribution in [0.3, 0.4) is 0 Å². The zero-order chi connectivity index (χ0) is 16.2. The number of rotatable bonds is 5. The number of nitrogens with zero attached hydrogens (tertiary/aromatic N) is 1. The first kappa shape index (κ1) is 18.6. The number of ether oxygens (including phenoxy) is 1. The second-order valence-corrected chi connectivity index (χ2v) is 6.00. The van der Waals surface area contributed by atoms with Gasteiger partial charge in [0.15, 0.2) is 0 Å². The smallest absolute Gasteiger partial charge is 0.142 e.